The third kappa shape index (κ3) is 5.34. The molecule has 1 aliphatic rings. The number of rotatable bonds is 6. The minimum absolute atomic E-state index is 0.0172. The topological polar surface area (TPSA) is 70.6 Å². The van der Waals surface area contributed by atoms with Gasteiger partial charge in [-0.25, -0.2) is 12.8 Å². The second-order valence-corrected chi connectivity index (χ2v) is 8.93. The van der Waals surface area contributed by atoms with Crippen molar-refractivity contribution in [3.63, 3.8) is 0 Å². The van der Waals surface area contributed by atoms with Crippen molar-refractivity contribution in [1.82, 2.24) is 10.6 Å². The van der Waals surface area contributed by atoms with Crippen LogP contribution in [0.25, 0.3) is 0 Å². The van der Waals surface area contributed by atoms with Crippen LogP contribution in [0.1, 0.15) is 31.2 Å². The fourth-order valence-electron chi connectivity index (χ4n) is 2.58. The van der Waals surface area contributed by atoms with Gasteiger partial charge in [0.15, 0.2) is 5.96 Å². The van der Waals surface area contributed by atoms with Crippen molar-refractivity contribution in [2.24, 2.45) is 4.99 Å². The molecule has 0 amide bonds. The average molecular weight is 376 g/mol. The lowest BCUT2D eigenvalue weighted by Crippen LogP contribution is -2.44. The van der Waals surface area contributed by atoms with Crippen LogP contribution >= 0.6 is 11.6 Å². The maximum Gasteiger partial charge on any atom is 0.191 e. The fourth-order valence-corrected chi connectivity index (χ4v) is 3.67. The summed E-state index contributed by atoms with van der Waals surface area (Å²) in [5, 5.41) is 6.83. The Kier molecular flexibility index (Phi) is 6.09. The molecule has 3 unspecified atom stereocenters. The van der Waals surface area contributed by atoms with Crippen LogP contribution < -0.4 is 10.6 Å². The van der Waals surface area contributed by atoms with Crippen molar-refractivity contribution in [2.45, 2.75) is 37.8 Å². The second kappa shape index (κ2) is 7.70. The van der Waals surface area contributed by atoms with Crippen molar-refractivity contribution in [2.75, 3.05) is 19.1 Å². The summed E-state index contributed by atoms with van der Waals surface area (Å²) in [5.41, 5.74) is 0.539. The van der Waals surface area contributed by atoms with E-state index in [1.54, 1.807) is 19.2 Å². The molecule has 2 N–H and O–H groups in total. The van der Waals surface area contributed by atoms with E-state index in [4.69, 9.17) is 11.6 Å². The van der Waals surface area contributed by atoms with Gasteiger partial charge in [0.25, 0.3) is 0 Å². The van der Waals surface area contributed by atoms with Crippen molar-refractivity contribution in [3.8, 4) is 0 Å². The minimum Gasteiger partial charge on any atom is -0.354 e. The summed E-state index contributed by atoms with van der Waals surface area (Å²) in [6.07, 6.45) is 2.49. The summed E-state index contributed by atoms with van der Waals surface area (Å²) in [5.74, 6) is 0.426. The van der Waals surface area contributed by atoms with Crippen LogP contribution in [0.15, 0.2) is 23.2 Å². The van der Waals surface area contributed by atoms with Crippen molar-refractivity contribution >= 4 is 27.4 Å². The second-order valence-electron chi connectivity index (χ2n) is 6.26. The Morgan fingerprint density at radius 3 is 2.79 bits per heavy atom. The molecule has 2 rings (SSSR count). The normalized spacial score (nSPS) is 22.1. The van der Waals surface area contributed by atoms with E-state index in [1.807, 2.05) is 6.92 Å². The molecule has 1 saturated carbocycles. The molecule has 5 nitrogen and oxygen atoms in total. The molecule has 8 heteroatoms. The molecule has 1 aromatic carbocycles. The standard InChI is InChI=1S/C16H23ClFN3O2S/c1-10(7-8-24(3,22)23)20-16(19-2)21-14-9-11(14)15-12(17)5-4-6-13(15)18/h4-6,10-11,14H,7-9H2,1-3H3,(H2,19,20,21). The van der Waals surface area contributed by atoms with Crippen LogP contribution in [0.2, 0.25) is 5.02 Å². The minimum atomic E-state index is -2.98. The Bertz CT molecular complexity index is 704. The zero-order valence-electron chi connectivity index (χ0n) is 14.0. The molecule has 0 saturated heterocycles. The third-order valence-corrected chi connectivity index (χ3v) is 5.32. The van der Waals surface area contributed by atoms with Gasteiger partial charge in [0, 0.05) is 41.9 Å². The fraction of sp³-hybridized carbons (Fsp3) is 0.562. The van der Waals surface area contributed by atoms with Crippen LogP contribution in [0.4, 0.5) is 4.39 Å². The van der Waals surface area contributed by atoms with E-state index in [2.05, 4.69) is 15.6 Å². The van der Waals surface area contributed by atoms with Gasteiger partial charge in [0.1, 0.15) is 15.7 Å². The first-order chi connectivity index (χ1) is 11.2. The van der Waals surface area contributed by atoms with Gasteiger partial charge in [-0.3, -0.25) is 4.99 Å². The Labute approximate surface area is 147 Å². The van der Waals surface area contributed by atoms with Crippen LogP contribution in [-0.4, -0.2) is 45.5 Å². The molecule has 134 valence electrons. The summed E-state index contributed by atoms with van der Waals surface area (Å²) in [7, 11) is -1.34. The maximum absolute atomic E-state index is 13.9. The van der Waals surface area contributed by atoms with Crippen molar-refractivity contribution < 1.29 is 12.8 Å². The Balaban J connectivity index is 1.89. The van der Waals surface area contributed by atoms with E-state index in [0.29, 0.717) is 23.0 Å². The average Bonchev–Trinajstić information content (AvgIpc) is 3.22. The van der Waals surface area contributed by atoms with Gasteiger partial charge >= 0.3 is 0 Å². The molecule has 0 aliphatic heterocycles. The predicted octanol–water partition coefficient (Wildman–Crippen LogP) is 2.32. The SMILES string of the molecule is CN=C(NC(C)CCS(C)(=O)=O)NC1CC1c1c(F)cccc1Cl. The van der Waals surface area contributed by atoms with Gasteiger partial charge in [-0.05, 0) is 31.9 Å². The summed E-state index contributed by atoms with van der Waals surface area (Å²) < 4.78 is 36.4. The molecule has 1 aliphatic carbocycles. The zero-order chi connectivity index (χ0) is 17.9. The molecule has 1 aromatic rings. The Morgan fingerprint density at radius 1 is 1.50 bits per heavy atom. The number of sulfone groups is 1. The zero-order valence-corrected chi connectivity index (χ0v) is 15.6. The summed E-state index contributed by atoms with van der Waals surface area (Å²) >= 11 is 6.10. The van der Waals surface area contributed by atoms with E-state index < -0.39 is 9.84 Å². The molecule has 3 atom stereocenters. The Morgan fingerprint density at radius 2 is 2.21 bits per heavy atom. The molecule has 24 heavy (non-hydrogen) atoms. The van der Waals surface area contributed by atoms with Crippen molar-refractivity contribution in [3.05, 3.63) is 34.6 Å². The molecule has 0 bridgehead atoms. The van der Waals surface area contributed by atoms with E-state index >= 15 is 0 Å². The number of guanidine groups is 1. The van der Waals surface area contributed by atoms with E-state index in [0.717, 1.165) is 6.42 Å². The monoisotopic (exact) mass is 375 g/mol. The van der Waals surface area contributed by atoms with Gasteiger partial charge in [-0.1, -0.05) is 17.7 Å². The van der Waals surface area contributed by atoms with Gasteiger partial charge in [-0.2, -0.15) is 0 Å². The number of aliphatic imine (C=N–C) groups is 1. The van der Waals surface area contributed by atoms with Crippen LogP contribution in [0.3, 0.4) is 0 Å². The first kappa shape index (κ1) is 19.0. The van der Waals surface area contributed by atoms with Crippen LogP contribution in [0, 0.1) is 5.82 Å². The molecule has 0 heterocycles. The Hall–Kier alpha value is -1.34. The highest BCUT2D eigenvalue weighted by Gasteiger charge is 2.42. The molecule has 0 spiro atoms. The first-order valence-corrected chi connectivity index (χ1v) is 10.3. The predicted molar refractivity (Wildman–Crippen MR) is 96.0 cm³/mol. The van der Waals surface area contributed by atoms with Gasteiger partial charge in [0.05, 0.1) is 5.75 Å². The number of hydrogen-bond donors (Lipinski definition) is 2. The van der Waals surface area contributed by atoms with Crippen LogP contribution in [0.5, 0.6) is 0 Å². The highest BCUT2D eigenvalue weighted by Crippen LogP contribution is 2.44. The maximum atomic E-state index is 13.9. The lowest BCUT2D eigenvalue weighted by Gasteiger charge is -2.18. The number of nitrogens with one attached hydrogen (secondary N) is 2. The summed E-state index contributed by atoms with van der Waals surface area (Å²) in [4.78, 5) is 4.14. The summed E-state index contributed by atoms with van der Waals surface area (Å²) in [6, 6.07) is 4.72. The lowest BCUT2D eigenvalue weighted by molar-refractivity contribution is 0.580. The van der Waals surface area contributed by atoms with Crippen LogP contribution in [-0.2, 0) is 9.84 Å². The number of hydrogen-bond acceptors (Lipinski definition) is 3. The largest absolute Gasteiger partial charge is 0.354 e. The quantitative estimate of drug-likeness (QED) is 0.591. The number of halogens is 2. The lowest BCUT2D eigenvalue weighted by atomic mass is 10.1. The third-order valence-electron chi connectivity index (χ3n) is 4.01. The molecule has 0 radical (unpaired) electrons. The summed E-state index contributed by atoms with van der Waals surface area (Å²) in [6.45, 7) is 1.90. The number of nitrogens with zero attached hydrogens (tertiary/aromatic N) is 1. The van der Waals surface area contributed by atoms with Gasteiger partial charge < -0.3 is 10.6 Å². The first-order valence-electron chi connectivity index (χ1n) is 7.82. The highest BCUT2D eigenvalue weighted by atomic mass is 35.5. The number of benzene rings is 1. The molecule has 0 aromatic heterocycles. The molecular weight excluding hydrogens is 353 g/mol. The highest BCUT2D eigenvalue weighted by molar-refractivity contribution is 7.90. The van der Waals surface area contributed by atoms with Crippen molar-refractivity contribution in [1.29, 1.82) is 0 Å². The van der Waals surface area contributed by atoms with Gasteiger partial charge in [0.2, 0.25) is 0 Å². The smallest absolute Gasteiger partial charge is 0.191 e. The van der Waals surface area contributed by atoms with E-state index in [1.165, 1.54) is 12.3 Å². The van der Waals surface area contributed by atoms with E-state index in [9.17, 15) is 12.8 Å². The molecular formula is C16H23ClFN3O2S. The molecule has 1 fully saturated rings. The van der Waals surface area contributed by atoms with E-state index in [-0.39, 0.29) is 29.6 Å². The van der Waals surface area contributed by atoms with Gasteiger partial charge in [-0.15, -0.1) is 0 Å².